The highest BCUT2D eigenvalue weighted by Crippen LogP contribution is 2.30. The molecule has 6 nitrogen and oxygen atoms in total. The number of hydrogen-bond donors (Lipinski definition) is 2. The number of rotatable bonds is 4. The monoisotopic (exact) mass is 395 g/mol. The lowest BCUT2D eigenvalue weighted by Crippen LogP contribution is -2.20. The molecule has 0 spiro atoms. The zero-order valence-corrected chi connectivity index (χ0v) is 15.5. The standard InChI is InChI=1S/C21H19F2N5O/c22-15-11-16(23)13-18(12-15)27-21(29)26-17-5-3-4-14(10-17)19-20(25-7-6-24-19)28-8-1-2-9-28/h3-7,10-13H,1-2,8-9H2,(H2,26,27,29). The van der Waals surface area contributed by atoms with Gasteiger partial charge in [-0.1, -0.05) is 12.1 Å². The summed E-state index contributed by atoms with van der Waals surface area (Å²) in [4.78, 5) is 23.4. The van der Waals surface area contributed by atoms with Crippen LogP contribution in [0.4, 0.5) is 30.8 Å². The Morgan fingerprint density at radius 1 is 0.897 bits per heavy atom. The van der Waals surface area contributed by atoms with Gasteiger partial charge in [0.25, 0.3) is 0 Å². The highest BCUT2D eigenvalue weighted by atomic mass is 19.1. The van der Waals surface area contributed by atoms with Crippen molar-refractivity contribution in [1.29, 1.82) is 0 Å². The van der Waals surface area contributed by atoms with E-state index in [-0.39, 0.29) is 5.69 Å². The summed E-state index contributed by atoms with van der Waals surface area (Å²) < 4.78 is 26.6. The molecular formula is C21H19F2N5O. The van der Waals surface area contributed by atoms with Gasteiger partial charge in [0.15, 0.2) is 5.82 Å². The van der Waals surface area contributed by atoms with Crippen molar-refractivity contribution in [2.45, 2.75) is 12.8 Å². The SMILES string of the molecule is O=C(Nc1cc(F)cc(F)c1)Nc1cccc(-c2nccnc2N2CCCC2)c1. The van der Waals surface area contributed by atoms with E-state index in [0.29, 0.717) is 5.69 Å². The van der Waals surface area contributed by atoms with E-state index in [2.05, 4.69) is 25.5 Å². The van der Waals surface area contributed by atoms with E-state index in [1.165, 1.54) is 0 Å². The fraction of sp³-hybridized carbons (Fsp3) is 0.190. The zero-order valence-electron chi connectivity index (χ0n) is 15.5. The Bertz CT molecular complexity index is 1020. The Morgan fingerprint density at radius 3 is 2.34 bits per heavy atom. The molecule has 1 aliphatic heterocycles. The van der Waals surface area contributed by atoms with Gasteiger partial charge in [-0.05, 0) is 37.1 Å². The molecule has 0 radical (unpaired) electrons. The first-order chi connectivity index (χ1) is 14.1. The van der Waals surface area contributed by atoms with Gasteiger partial charge < -0.3 is 15.5 Å². The smallest absolute Gasteiger partial charge is 0.323 e. The molecule has 0 unspecified atom stereocenters. The van der Waals surface area contributed by atoms with Crippen molar-refractivity contribution >= 4 is 23.2 Å². The van der Waals surface area contributed by atoms with E-state index < -0.39 is 17.7 Å². The number of anilines is 3. The molecule has 2 heterocycles. The number of carbonyl (C=O) groups is 1. The quantitative estimate of drug-likeness (QED) is 0.674. The molecule has 3 aromatic rings. The maximum absolute atomic E-state index is 13.3. The van der Waals surface area contributed by atoms with Crippen LogP contribution in [0.3, 0.4) is 0 Å². The lowest BCUT2D eigenvalue weighted by atomic mass is 10.1. The number of hydrogen-bond acceptors (Lipinski definition) is 4. The number of nitrogens with one attached hydrogen (secondary N) is 2. The molecule has 2 aromatic carbocycles. The van der Waals surface area contributed by atoms with Crippen LogP contribution < -0.4 is 15.5 Å². The Kier molecular flexibility index (Phi) is 5.33. The second-order valence-electron chi connectivity index (χ2n) is 6.74. The zero-order chi connectivity index (χ0) is 20.2. The minimum Gasteiger partial charge on any atom is -0.355 e. The van der Waals surface area contributed by atoms with Crippen molar-refractivity contribution in [1.82, 2.24) is 9.97 Å². The summed E-state index contributed by atoms with van der Waals surface area (Å²) in [5, 5.41) is 5.09. The second-order valence-corrected chi connectivity index (χ2v) is 6.74. The van der Waals surface area contributed by atoms with Crippen molar-refractivity contribution in [2.75, 3.05) is 28.6 Å². The molecule has 0 saturated carbocycles. The average Bonchev–Trinajstić information content (AvgIpc) is 3.22. The summed E-state index contributed by atoms with van der Waals surface area (Å²) in [7, 11) is 0. The normalized spacial score (nSPS) is 13.4. The number of aromatic nitrogens is 2. The minimum absolute atomic E-state index is 0.0291. The second kappa shape index (κ2) is 8.22. The Hall–Kier alpha value is -3.55. The third kappa shape index (κ3) is 4.48. The third-order valence-electron chi connectivity index (χ3n) is 4.60. The van der Waals surface area contributed by atoms with Gasteiger partial charge in [0.1, 0.15) is 17.3 Å². The molecule has 4 rings (SSSR count). The summed E-state index contributed by atoms with van der Waals surface area (Å²) in [5.74, 6) is -0.708. The predicted octanol–water partition coefficient (Wildman–Crippen LogP) is 4.67. The summed E-state index contributed by atoms with van der Waals surface area (Å²) in [6, 6.07) is 9.43. The molecule has 2 amide bonds. The molecule has 8 heteroatoms. The lowest BCUT2D eigenvalue weighted by Gasteiger charge is -2.19. The maximum Gasteiger partial charge on any atom is 0.323 e. The highest BCUT2D eigenvalue weighted by molar-refractivity contribution is 6.00. The summed E-state index contributed by atoms with van der Waals surface area (Å²) in [6.07, 6.45) is 5.56. The van der Waals surface area contributed by atoms with Gasteiger partial charge in [-0.25, -0.2) is 18.6 Å². The number of benzene rings is 2. The van der Waals surface area contributed by atoms with Crippen LogP contribution >= 0.6 is 0 Å². The minimum atomic E-state index is -0.764. The van der Waals surface area contributed by atoms with E-state index in [4.69, 9.17) is 0 Å². The van der Waals surface area contributed by atoms with Gasteiger partial charge in [0.05, 0.1) is 0 Å². The van der Waals surface area contributed by atoms with Crippen LogP contribution in [0, 0.1) is 11.6 Å². The molecule has 1 aromatic heterocycles. The van der Waals surface area contributed by atoms with Crippen molar-refractivity contribution < 1.29 is 13.6 Å². The predicted molar refractivity (Wildman–Crippen MR) is 108 cm³/mol. The van der Waals surface area contributed by atoms with Crippen molar-refractivity contribution in [3.8, 4) is 11.3 Å². The van der Waals surface area contributed by atoms with Crippen molar-refractivity contribution in [2.24, 2.45) is 0 Å². The number of carbonyl (C=O) groups excluding carboxylic acids is 1. The topological polar surface area (TPSA) is 70.1 Å². The number of halogens is 2. The van der Waals surface area contributed by atoms with Crippen LogP contribution in [-0.2, 0) is 0 Å². The largest absolute Gasteiger partial charge is 0.355 e. The van der Waals surface area contributed by atoms with Crippen LogP contribution in [0.25, 0.3) is 11.3 Å². The van der Waals surface area contributed by atoms with E-state index in [1.54, 1.807) is 30.6 Å². The van der Waals surface area contributed by atoms with Crippen LogP contribution in [0.15, 0.2) is 54.9 Å². The Morgan fingerprint density at radius 2 is 1.59 bits per heavy atom. The molecule has 29 heavy (non-hydrogen) atoms. The van der Waals surface area contributed by atoms with E-state index >= 15 is 0 Å². The molecule has 0 atom stereocenters. The number of urea groups is 1. The van der Waals surface area contributed by atoms with E-state index in [0.717, 1.165) is 61.2 Å². The fourth-order valence-electron chi connectivity index (χ4n) is 3.36. The van der Waals surface area contributed by atoms with Gasteiger partial charge in [-0.2, -0.15) is 0 Å². The van der Waals surface area contributed by atoms with Gasteiger partial charge in [-0.15, -0.1) is 0 Å². The average molecular weight is 395 g/mol. The molecular weight excluding hydrogens is 376 g/mol. The summed E-state index contributed by atoms with van der Waals surface area (Å²) in [5.41, 5.74) is 2.11. The van der Waals surface area contributed by atoms with Gasteiger partial charge in [-0.3, -0.25) is 4.98 Å². The summed E-state index contributed by atoms with van der Waals surface area (Å²) >= 11 is 0. The Balaban J connectivity index is 1.53. The van der Waals surface area contributed by atoms with E-state index in [1.807, 2.05) is 6.07 Å². The number of amides is 2. The maximum atomic E-state index is 13.3. The fourth-order valence-corrected chi connectivity index (χ4v) is 3.36. The molecule has 1 saturated heterocycles. The van der Waals surface area contributed by atoms with Crippen LogP contribution in [0.1, 0.15) is 12.8 Å². The third-order valence-corrected chi connectivity index (χ3v) is 4.60. The van der Waals surface area contributed by atoms with Crippen molar-refractivity contribution in [3.63, 3.8) is 0 Å². The number of nitrogens with zero attached hydrogens (tertiary/aromatic N) is 3. The molecule has 148 valence electrons. The molecule has 1 fully saturated rings. The summed E-state index contributed by atoms with van der Waals surface area (Å²) in [6.45, 7) is 1.88. The lowest BCUT2D eigenvalue weighted by molar-refractivity contribution is 0.262. The first-order valence-corrected chi connectivity index (χ1v) is 9.29. The molecule has 2 N–H and O–H groups in total. The van der Waals surface area contributed by atoms with Crippen molar-refractivity contribution in [3.05, 3.63) is 66.5 Å². The van der Waals surface area contributed by atoms with Gasteiger partial charge >= 0.3 is 6.03 Å². The molecule has 0 aliphatic carbocycles. The molecule has 1 aliphatic rings. The van der Waals surface area contributed by atoms with Crippen LogP contribution in [-0.4, -0.2) is 29.1 Å². The highest BCUT2D eigenvalue weighted by Gasteiger charge is 2.19. The van der Waals surface area contributed by atoms with Gasteiger partial charge in [0, 0.05) is 48.5 Å². The van der Waals surface area contributed by atoms with Crippen LogP contribution in [0.2, 0.25) is 0 Å². The first-order valence-electron chi connectivity index (χ1n) is 9.29. The van der Waals surface area contributed by atoms with Gasteiger partial charge in [0.2, 0.25) is 0 Å². The first kappa shape index (κ1) is 18.8. The Labute approximate surface area is 166 Å². The van der Waals surface area contributed by atoms with E-state index in [9.17, 15) is 13.6 Å². The van der Waals surface area contributed by atoms with Crippen LogP contribution in [0.5, 0.6) is 0 Å². The molecule has 0 bridgehead atoms.